The van der Waals surface area contributed by atoms with E-state index in [2.05, 4.69) is 30.7 Å². The van der Waals surface area contributed by atoms with Gasteiger partial charge in [-0.15, -0.1) is 0 Å². The number of carbonyl (C=O) groups is 1. The highest BCUT2D eigenvalue weighted by Crippen LogP contribution is 2.33. The molecule has 1 saturated heterocycles. The zero-order valence-corrected chi connectivity index (χ0v) is 15.4. The van der Waals surface area contributed by atoms with Crippen LogP contribution in [0.2, 0.25) is 5.02 Å². The van der Waals surface area contributed by atoms with E-state index >= 15 is 0 Å². The lowest BCUT2D eigenvalue weighted by Gasteiger charge is -2.33. The number of aryl methyl sites for hydroxylation is 1. The van der Waals surface area contributed by atoms with Gasteiger partial charge in [-0.2, -0.15) is 15.1 Å². The van der Waals surface area contributed by atoms with Crippen LogP contribution in [0.3, 0.4) is 0 Å². The lowest BCUT2D eigenvalue weighted by Crippen LogP contribution is -2.47. The van der Waals surface area contributed by atoms with Crippen LogP contribution in [0.15, 0.2) is 18.6 Å². The van der Waals surface area contributed by atoms with Gasteiger partial charge in [0.15, 0.2) is 0 Å². The van der Waals surface area contributed by atoms with E-state index in [0.29, 0.717) is 29.0 Å². The molecule has 10 nitrogen and oxygen atoms in total. The summed E-state index contributed by atoms with van der Waals surface area (Å²) in [6.45, 7) is 1.28. The Bertz CT molecular complexity index is 984. The second kappa shape index (κ2) is 6.95. The number of H-pyrrole nitrogens is 1. The lowest BCUT2D eigenvalue weighted by molar-refractivity contribution is 0.188. The summed E-state index contributed by atoms with van der Waals surface area (Å²) < 4.78 is 1.68. The monoisotopic (exact) mass is 390 g/mol. The summed E-state index contributed by atoms with van der Waals surface area (Å²) in [4.78, 5) is 25.3. The summed E-state index contributed by atoms with van der Waals surface area (Å²) in [7, 11) is 1.83. The van der Waals surface area contributed by atoms with Crippen LogP contribution in [0.1, 0.15) is 12.8 Å². The fourth-order valence-electron chi connectivity index (χ4n) is 3.34. The molecule has 1 atom stereocenters. The molecule has 0 aromatic carbocycles. The van der Waals surface area contributed by atoms with Gasteiger partial charge in [0.05, 0.1) is 22.3 Å². The molecule has 0 aliphatic carbocycles. The van der Waals surface area contributed by atoms with Crippen LogP contribution in [0.25, 0.3) is 11.0 Å². The third-order valence-electron chi connectivity index (χ3n) is 4.47. The number of nitrogens with zero attached hydrogens (tertiary/aromatic N) is 5. The van der Waals surface area contributed by atoms with Gasteiger partial charge in [0, 0.05) is 38.6 Å². The van der Waals surface area contributed by atoms with Crippen molar-refractivity contribution in [3.05, 3.63) is 23.6 Å². The van der Waals surface area contributed by atoms with Crippen molar-refractivity contribution in [2.24, 2.45) is 7.05 Å². The molecule has 0 saturated carbocycles. The average molecular weight is 391 g/mol. The number of aromatic nitrogens is 5. The van der Waals surface area contributed by atoms with Gasteiger partial charge in [-0.3, -0.25) is 4.68 Å². The number of anilines is 3. The Morgan fingerprint density at radius 2 is 2.30 bits per heavy atom. The van der Waals surface area contributed by atoms with Crippen LogP contribution in [0, 0.1) is 0 Å². The second-order valence-electron chi connectivity index (χ2n) is 6.49. The molecule has 27 heavy (non-hydrogen) atoms. The third kappa shape index (κ3) is 3.61. The molecular weight excluding hydrogens is 372 g/mol. The molecule has 11 heteroatoms. The molecule has 142 valence electrons. The van der Waals surface area contributed by atoms with Crippen molar-refractivity contribution in [3.8, 4) is 0 Å². The van der Waals surface area contributed by atoms with Crippen LogP contribution in [0.5, 0.6) is 0 Å². The van der Waals surface area contributed by atoms with Gasteiger partial charge in [0.25, 0.3) is 0 Å². The number of nitrogens with one attached hydrogen (secondary N) is 3. The first-order valence-electron chi connectivity index (χ1n) is 8.54. The largest absolute Gasteiger partial charge is 0.465 e. The Kier molecular flexibility index (Phi) is 4.48. The average Bonchev–Trinajstić information content (AvgIpc) is 3.20. The normalized spacial score (nSPS) is 17.3. The zero-order chi connectivity index (χ0) is 19.0. The van der Waals surface area contributed by atoms with E-state index in [-0.39, 0.29) is 6.04 Å². The number of fused-ring (bicyclic) bond motifs is 1. The molecule has 0 radical (unpaired) electrons. The molecule has 1 amide bonds. The van der Waals surface area contributed by atoms with E-state index in [4.69, 9.17) is 16.7 Å². The maximum atomic E-state index is 11.0. The van der Waals surface area contributed by atoms with Gasteiger partial charge in [-0.05, 0) is 12.8 Å². The van der Waals surface area contributed by atoms with Crippen LogP contribution in [0.4, 0.5) is 22.2 Å². The van der Waals surface area contributed by atoms with Crippen LogP contribution in [-0.4, -0.2) is 55.1 Å². The van der Waals surface area contributed by atoms with Gasteiger partial charge in [0.1, 0.15) is 11.5 Å². The number of piperidine rings is 1. The Morgan fingerprint density at radius 1 is 1.44 bits per heavy atom. The SMILES string of the molecule is Cn1cc(Nc2nc(N3CCCC(NC(=O)O)C3)c3c(Cl)c[nH]c3n2)cn1. The topological polar surface area (TPSA) is 124 Å². The maximum absolute atomic E-state index is 11.0. The molecule has 3 aromatic heterocycles. The fourth-order valence-corrected chi connectivity index (χ4v) is 3.57. The standard InChI is InChI=1S/C16H19ClN8O2/c1-24-7-10(5-19-24)20-15-22-13-12(11(17)6-18-13)14(23-15)25-4-2-3-9(8-25)21-16(26)27/h5-7,9,21H,2-4,8H2,1H3,(H,26,27)(H2,18,20,22,23). The van der Waals surface area contributed by atoms with Crippen molar-refractivity contribution in [2.45, 2.75) is 18.9 Å². The lowest BCUT2D eigenvalue weighted by atomic mass is 10.1. The number of hydrogen-bond acceptors (Lipinski definition) is 6. The summed E-state index contributed by atoms with van der Waals surface area (Å²) in [5.41, 5.74) is 1.38. The minimum atomic E-state index is -1.02. The number of aromatic amines is 1. The molecule has 4 rings (SSSR count). The number of hydrogen-bond donors (Lipinski definition) is 4. The quantitative estimate of drug-likeness (QED) is 0.538. The molecule has 0 bridgehead atoms. The molecule has 4 heterocycles. The van der Waals surface area contributed by atoms with Crippen molar-refractivity contribution in [1.29, 1.82) is 0 Å². The van der Waals surface area contributed by atoms with E-state index < -0.39 is 6.09 Å². The van der Waals surface area contributed by atoms with E-state index in [1.165, 1.54) is 0 Å². The van der Waals surface area contributed by atoms with Gasteiger partial charge in [-0.25, -0.2) is 4.79 Å². The molecule has 4 N–H and O–H groups in total. The summed E-state index contributed by atoms with van der Waals surface area (Å²) in [5, 5.41) is 20.1. The smallest absolute Gasteiger partial charge is 0.404 e. The highest BCUT2D eigenvalue weighted by Gasteiger charge is 2.25. The first-order chi connectivity index (χ1) is 13.0. The highest BCUT2D eigenvalue weighted by molar-refractivity contribution is 6.36. The Hall–Kier alpha value is -3.01. The minimum Gasteiger partial charge on any atom is -0.465 e. The van der Waals surface area contributed by atoms with Crippen molar-refractivity contribution in [1.82, 2.24) is 30.0 Å². The van der Waals surface area contributed by atoms with Crippen LogP contribution >= 0.6 is 11.6 Å². The molecule has 3 aromatic rings. The third-order valence-corrected chi connectivity index (χ3v) is 4.77. The van der Waals surface area contributed by atoms with Crippen molar-refractivity contribution < 1.29 is 9.90 Å². The van der Waals surface area contributed by atoms with Crippen molar-refractivity contribution in [2.75, 3.05) is 23.3 Å². The van der Waals surface area contributed by atoms with E-state index in [9.17, 15) is 4.79 Å². The van der Waals surface area contributed by atoms with E-state index in [1.807, 2.05) is 18.1 Å². The molecular formula is C16H19ClN8O2. The molecule has 1 aliphatic rings. The summed E-state index contributed by atoms with van der Waals surface area (Å²) in [6, 6.07) is -0.159. The molecule has 0 spiro atoms. The summed E-state index contributed by atoms with van der Waals surface area (Å²) >= 11 is 6.35. The predicted molar refractivity (Wildman–Crippen MR) is 102 cm³/mol. The fraction of sp³-hybridized carbons (Fsp3) is 0.375. The highest BCUT2D eigenvalue weighted by atomic mass is 35.5. The van der Waals surface area contributed by atoms with Crippen LogP contribution in [-0.2, 0) is 7.05 Å². The number of carboxylic acid groups (broad SMARTS) is 1. The first-order valence-corrected chi connectivity index (χ1v) is 8.92. The van der Waals surface area contributed by atoms with Gasteiger partial charge in [-0.1, -0.05) is 11.6 Å². The summed E-state index contributed by atoms with van der Waals surface area (Å²) in [6.07, 6.45) is 5.80. The Labute approximate surface area is 159 Å². The number of halogens is 1. The van der Waals surface area contributed by atoms with Gasteiger partial charge < -0.3 is 25.6 Å². The maximum Gasteiger partial charge on any atom is 0.404 e. The van der Waals surface area contributed by atoms with Crippen molar-refractivity contribution in [3.63, 3.8) is 0 Å². The minimum absolute atomic E-state index is 0.159. The predicted octanol–water partition coefficient (Wildman–Crippen LogP) is 2.32. The van der Waals surface area contributed by atoms with E-state index in [0.717, 1.165) is 30.5 Å². The van der Waals surface area contributed by atoms with E-state index in [1.54, 1.807) is 17.1 Å². The number of amides is 1. The van der Waals surface area contributed by atoms with Gasteiger partial charge >= 0.3 is 6.09 Å². The summed E-state index contributed by atoms with van der Waals surface area (Å²) in [5.74, 6) is 1.09. The molecule has 1 fully saturated rings. The van der Waals surface area contributed by atoms with Crippen molar-refractivity contribution >= 4 is 46.2 Å². The second-order valence-corrected chi connectivity index (χ2v) is 6.90. The molecule has 1 unspecified atom stereocenters. The number of rotatable bonds is 4. The zero-order valence-electron chi connectivity index (χ0n) is 14.6. The van der Waals surface area contributed by atoms with Crippen LogP contribution < -0.4 is 15.5 Å². The Balaban J connectivity index is 1.69. The first kappa shape index (κ1) is 17.4. The van der Waals surface area contributed by atoms with Gasteiger partial charge in [0.2, 0.25) is 5.95 Å². The Morgan fingerprint density at radius 3 is 3.04 bits per heavy atom. The molecule has 1 aliphatic heterocycles.